The number of fused-ring (bicyclic) bond motifs is 1. The van der Waals surface area contributed by atoms with E-state index in [9.17, 15) is 9.59 Å². The predicted molar refractivity (Wildman–Crippen MR) is 117 cm³/mol. The molecule has 0 atom stereocenters. The van der Waals surface area contributed by atoms with Gasteiger partial charge in [0, 0.05) is 55.7 Å². The normalized spacial score (nSPS) is 11.0. The van der Waals surface area contributed by atoms with E-state index in [-0.39, 0.29) is 24.7 Å². The Hall–Kier alpha value is -2.68. The number of carbonyl (C=O) groups is 2. The van der Waals surface area contributed by atoms with Crippen LogP contribution in [0, 0.1) is 6.92 Å². The van der Waals surface area contributed by atoms with Crippen molar-refractivity contribution in [3.63, 3.8) is 0 Å². The average Bonchev–Trinajstić information content (AvgIpc) is 3.09. The third-order valence-corrected chi connectivity index (χ3v) is 5.29. The molecule has 0 fully saturated rings. The van der Waals surface area contributed by atoms with Crippen molar-refractivity contribution in [2.75, 3.05) is 27.7 Å². The molecule has 10 heteroatoms. The maximum atomic E-state index is 12.9. The van der Waals surface area contributed by atoms with Crippen molar-refractivity contribution in [2.24, 2.45) is 5.73 Å². The zero-order valence-corrected chi connectivity index (χ0v) is 18.6. The molecule has 0 saturated carbocycles. The molecule has 0 saturated heterocycles. The Balaban J connectivity index is 2.14. The number of amides is 2. The Morgan fingerprint density at radius 1 is 1.17 bits per heavy atom. The highest BCUT2D eigenvalue weighted by molar-refractivity contribution is 6.36. The minimum atomic E-state index is -0.393. The third kappa shape index (κ3) is 4.12. The molecular formula is C20H22Cl2N6O2. The summed E-state index contributed by atoms with van der Waals surface area (Å²) in [7, 11) is 4.82. The average molecular weight is 449 g/mol. The van der Waals surface area contributed by atoms with Crippen LogP contribution in [0.2, 0.25) is 10.0 Å². The zero-order chi connectivity index (χ0) is 22.2. The number of nitrogens with zero attached hydrogens (tertiary/aromatic N) is 5. The van der Waals surface area contributed by atoms with E-state index >= 15 is 0 Å². The number of benzene rings is 1. The lowest BCUT2D eigenvalue weighted by Crippen LogP contribution is -2.37. The topological polar surface area (TPSA) is 96.8 Å². The summed E-state index contributed by atoms with van der Waals surface area (Å²) in [5.74, 6) is -0.250. The summed E-state index contributed by atoms with van der Waals surface area (Å²) < 4.78 is 1.69. The molecule has 0 bridgehead atoms. The highest BCUT2D eigenvalue weighted by atomic mass is 35.5. The number of rotatable bonds is 5. The van der Waals surface area contributed by atoms with Crippen LogP contribution in [-0.4, -0.2) is 63.7 Å². The van der Waals surface area contributed by atoms with Crippen molar-refractivity contribution in [1.82, 2.24) is 24.2 Å². The molecule has 2 heterocycles. The van der Waals surface area contributed by atoms with Crippen molar-refractivity contribution in [1.29, 1.82) is 0 Å². The highest BCUT2D eigenvalue weighted by Gasteiger charge is 2.23. The number of aryl methyl sites for hydroxylation is 1. The molecule has 8 nitrogen and oxygen atoms in total. The second-order valence-electron chi connectivity index (χ2n) is 7.10. The molecule has 3 aromatic rings. The summed E-state index contributed by atoms with van der Waals surface area (Å²) in [5.41, 5.74) is 9.02. The van der Waals surface area contributed by atoms with Crippen LogP contribution in [-0.2, 0) is 11.3 Å². The standard InChI is InChI=1S/C20H22Cl2N6O2/c1-11-14(8-23)18(13-6-5-12(21)7-15(13)22)28-9-16(25-20(28)24-11)19(30)27(4)10-17(29)26(2)3/h5-7,9H,8,10,23H2,1-4H3. The van der Waals surface area contributed by atoms with Gasteiger partial charge in [-0.05, 0) is 25.1 Å². The van der Waals surface area contributed by atoms with Gasteiger partial charge in [0.1, 0.15) is 5.69 Å². The lowest BCUT2D eigenvalue weighted by Gasteiger charge is -2.18. The van der Waals surface area contributed by atoms with Gasteiger partial charge in [-0.2, -0.15) is 0 Å². The van der Waals surface area contributed by atoms with Crippen LogP contribution in [0.15, 0.2) is 24.4 Å². The van der Waals surface area contributed by atoms with Gasteiger partial charge in [-0.3, -0.25) is 14.0 Å². The zero-order valence-electron chi connectivity index (χ0n) is 17.1. The van der Waals surface area contributed by atoms with E-state index in [1.54, 1.807) is 49.9 Å². The van der Waals surface area contributed by atoms with Gasteiger partial charge in [0.15, 0.2) is 0 Å². The van der Waals surface area contributed by atoms with Crippen LogP contribution in [0.3, 0.4) is 0 Å². The van der Waals surface area contributed by atoms with E-state index in [0.717, 1.165) is 5.56 Å². The fourth-order valence-electron chi connectivity index (χ4n) is 3.08. The first-order valence-electron chi connectivity index (χ1n) is 9.13. The quantitative estimate of drug-likeness (QED) is 0.646. The molecule has 158 valence electrons. The van der Waals surface area contributed by atoms with Gasteiger partial charge in [-0.25, -0.2) is 9.97 Å². The molecule has 0 aliphatic heterocycles. The van der Waals surface area contributed by atoms with Gasteiger partial charge in [-0.15, -0.1) is 0 Å². The molecule has 0 spiro atoms. The molecule has 0 aliphatic rings. The Kier molecular flexibility index (Phi) is 6.30. The van der Waals surface area contributed by atoms with E-state index in [4.69, 9.17) is 28.9 Å². The number of hydrogen-bond acceptors (Lipinski definition) is 5. The molecule has 2 N–H and O–H groups in total. The summed E-state index contributed by atoms with van der Waals surface area (Å²) in [4.78, 5) is 36.4. The van der Waals surface area contributed by atoms with Crippen LogP contribution in [0.4, 0.5) is 0 Å². The van der Waals surface area contributed by atoms with Gasteiger partial charge in [0.05, 0.1) is 17.3 Å². The van der Waals surface area contributed by atoms with Gasteiger partial charge < -0.3 is 15.5 Å². The molecule has 2 amide bonds. The predicted octanol–water partition coefficient (Wildman–Crippen LogP) is 2.63. The first kappa shape index (κ1) is 22.0. The summed E-state index contributed by atoms with van der Waals surface area (Å²) in [6, 6.07) is 5.17. The maximum absolute atomic E-state index is 12.9. The first-order valence-corrected chi connectivity index (χ1v) is 9.89. The van der Waals surface area contributed by atoms with Gasteiger partial charge in [-0.1, -0.05) is 23.2 Å². The first-order chi connectivity index (χ1) is 14.1. The lowest BCUT2D eigenvalue weighted by atomic mass is 10.0. The van der Waals surface area contributed by atoms with E-state index in [2.05, 4.69) is 9.97 Å². The maximum Gasteiger partial charge on any atom is 0.274 e. The summed E-state index contributed by atoms with van der Waals surface area (Å²) >= 11 is 12.5. The molecule has 0 unspecified atom stereocenters. The van der Waals surface area contributed by atoms with Gasteiger partial charge >= 0.3 is 0 Å². The number of likely N-dealkylation sites (N-methyl/N-ethyl adjacent to an activating group) is 2. The van der Waals surface area contributed by atoms with Crippen LogP contribution in [0.25, 0.3) is 17.0 Å². The van der Waals surface area contributed by atoms with Crippen molar-refractivity contribution < 1.29 is 9.59 Å². The van der Waals surface area contributed by atoms with E-state index < -0.39 is 5.91 Å². The number of carbonyl (C=O) groups excluding carboxylic acids is 2. The fraction of sp³-hybridized carbons (Fsp3) is 0.300. The summed E-state index contributed by atoms with van der Waals surface area (Å²) in [6.07, 6.45) is 1.58. The monoisotopic (exact) mass is 448 g/mol. The second-order valence-corrected chi connectivity index (χ2v) is 7.94. The highest BCUT2D eigenvalue weighted by Crippen LogP contribution is 2.34. The largest absolute Gasteiger partial charge is 0.347 e. The minimum absolute atomic E-state index is 0.0594. The smallest absolute Gasteiger partial charge is 0.274 e. The number of halogens is 2. The van der Waals surface area contributed by atoms with Crippen molar-refractivity contribution >= 4 is 40.8 Å². The Bertz CT molecular complexity index is 1140. The van der Waals surface area contributed by atoms with Crippen LogP contribution >= 0.6 is 23.2 Å². The van der Waals surface area contributed by atoms with Crippen LogP contribution < -0.4 is 5.73 Å². The molecule has 0 radical (unpaired) electrons. The fourth-order valence-corrected chi connectivity index (χ4v) is 3.58. The molecule has 30 heavy (non-hydrogen) atoms. The summed E-state index contributed by atoms with van der Waals surface area (Å²) in [5, 5.41) is 0.952. The molecule has 2 aromatic heterocycles. The number of aromatic nitrogens is 3. The number of imidazole rings is 1. The van der Waals surface area contributed by atoms with E-state index in [0.29, 0.717) is 32.8 Å². The van der Waals surface area contributed by atoms with Crippen molar-refractivity contribution in [2.45, 2.75) is 13.5 Å². The summed E-state index contributed by atoms with van der Waals surface area (Å²) in [6.45, 7) is 1.99. The van der Waals surface area contributed by atoms with Gasteiger partial charge in [0.25, 0.3) is 5.91 Å². The SMILES string of the molecule is Cc1nc2nc(C(=O)N(C)CC(=O)N(C)C)cn2c(-c2ccc(Cl)cc2Cl)c1CN. The second kappa shape index (κ2) is 8.59. The van der Waals surface area contributed by atoms with E-state index in [1.807, 2.05) is 6.92 Å². The van der Waals surface area contributed by atoms with Gasteiger partial charge in [0.2, 0.25) is 11.7 Å². The number of hydrogen-bond donors (Lipinski definition) is 1. The molecule has 3 rings (SSSR count). The third-order valence-electron chi connectivity index (χ3n) is 4.75. The Morgan fingerprint density at radius 2 is 1.87 bits per heavy atom. The van der Waals surface area contributed by atoms with Crippen molar-refractivity contribution in [3.05, 3.63) is 51.4 Å². The van der Waals surface area contributed by atoms with Crippen LogP contribution in [0.5, 0.6) is 0 Å². The Morgan fingerprint density at radius 3 is 2.47 bits per heavy atom. The van der Waals surface area contributed by atoms with Crippen molar-refractivity contribution in [3.8, 4) is 11.3 Å². The van der Waals surface area contributed by atoms with Crippen LogP contribution in [0.1, 0.15) is 21.7 Å². The molecule has 0 aliphatic carbocycles. The Labute approximate surface area is 184 Å². The molecular weight excluding hydrogens is 427 g/mol. The van der Waals surface area contributed by atoms with E-state index in [1.165, 1.54) is 9.80 Å². The molecule has 1 aromatic carbocycles. The minimum Gasteiger partial charge on any atom is -0.347 e. The lowest BCUT2D eigenvalue weighted by molar-refractivity contribution is -0.129. The number of nitrogens with two attached hydrogens (primary N) is 1.